The van der Waals surface area contributed by atoms with Gasteiger partial charge in [0.15, 0.2) is 29.8 Å². The minimum atomic E-state index is -2.02. The van der Waals surface area contributed by atoms with Gasteiger partial charge in [-0.1, -0.05) is 6.07 Å². The molecule has 15 nitrogen and oxygen atoms in total. The van der Waals surface area contributed by atoms with E-state index in [4.69, 9.17) is 29.2 Å². The van der Waals surface area contributed by atoms with Crippen molar-refractivity contribution < 1.29 is 68.1 Å². The van der Waals surface area contributed by atoms with Crippen LogP contribution in [0.5, 0.6) is 11.5 Å². The Balaban J connectivity index is 1.28. The molecule has 2 aliphatic heterocycles. The Morgan fingerprint density at radius 3 is 2.50 bits per heavy atom. The van der Waals surface area contributed by atoms with Gasteiger partial charge in [-0.05, 0) is 51.1 Å². The molecule has 0 amide bonds. The molecule has 1 aromatic rings. The molecule has 1 aromatic carbocycles. The van der Waals surface area contributed by atoms with Crippen LogP contribution in [-0.2, 0) is 50.0 Å². The number of hydrogen-bond acceptors (Lipinski definition) is 13. The predicted molar refractivity (Wildman–Crippen MR) is 144 cm³/mol. The largest absolute Gasteiger partial charge is 0.493 e. The molecule has 5 rings (SSSR count). The van der Waals surface area contributed by atoms with Crippen LogP contribution in [0.25, 0.3) is 0 Å². The van der Waals surface area contributed by atoms with Gasteiger partial charge in [-0.2, -0.15) is 0 Å². The number of esters is 3. The van der Waals surface area contributed by atoms with Gasteiger partial charge in [-0.25, -0.2) is 14.4 Å². The summed E-state index contributed by atoms with van der Waals surface area (Å²) in [6, 6.07) is 3.50. The van der Waals surface area contributed by atoms with Crippen molar-refractivity contribution in [1.82, 2.24) is 4.90 Å². The van der Waals surface area contributed by atoms with Gasteiger partial charge in [-0.3, -0.25) is 9.59 Å². The van der Waals surface area contributed by atoms with Crippen LogP contribution in [0.4, 0.5) is 0 Å². The summed E-state index contributed by atoms with van der Waals surface area (Å²) in [5.41, 5.74) is -0.401. The molecule has 3 unspecified atom stereocenters. The van der Waals surface area contributed by atoms with Crippen molar-refractivity contribution in [3.63, 3.8) is 0 Å². The molecule has 1 spiro atoms. The Bertz CT molecular complexity index is 1440. The van der Waals surface area contributed by atoms with Gasteiger partial charge in [0.2, 0.25) is 6.10 Å². The molecule has 0 aromatic heterocycles. The molecule has 44 heavy (non-hydrogen) atoms. The second-order valence-corrected chi connectivity index (χ2v) is 11.4. The summed E-state index contributed by atoms with van der Waals surface area (Å²) in [4.78, 5) is 61.5. The maximum Gasteiger partial charge on any atom is 0.348 e. The van der Waals surface area contributed by atoms with E-state index < -0.39 is 78.1 Å². The first-order valence-corrected chi connectivity index (χ1v) is 14.0. The first-order chi connectivity index (χ1) is 20.7. The van der Waals surface area contributed by atoms with Crippen molar-refractivity contribution in [2.24, 2.45) is 0 Å². The second kappa shape index (κ2) is 11.4. The normalized spacial score (nSPS) is 28.2. The summed E-state index contributed by atoms with van der Waals surface area (Å²) >= 11 is 0. The minimum absolute atomic E-state index is 0.0663. The lowest BCUT2D eigenvalue weighted by molar-refractivity contribution is -0.179. The highest BCUT2D eigenvalue weighted by molar-refractivity contribution is 5.86. The predicted octanol–water partition coefficient (Wildman–Crippen LogP) is -0.330. The molecule has 4 aliphatic rings. The highest BCUT2D eigenvalue weighted by Gasteiger charge is 2.72. The number of carboxylic acid groups (broad SMARTS) is 2. The summed E-state index contributed by atoms with van der Waals surface area (Å²) in [6.45, 7) is 1.69. The number of nitrogens with zero attached hydrogens (tertiary/aromatic N) is 1. The maximum absolute atomic E-state index is 13.0. The zero-order chi connectivity index (χ0) is 32.1. The number of ether oxygens (including phenoxy) is 5. The summed E-state index contributed by atoms with van der Waals surface area (Å²) in [7, 11) is 3.45. The summed E-state index contributed by atoms with van der Waals surface area (Å²) < 4.78 is 26.9. The van der Waals surface area contributed by atoms with Crippen LogP contribution in [0.2, 0.25) is 0 Å². The Hall–Kier alpha value is -4.21. The van der Waals surface area contributed by atoms with Gasteiger partial charge in [0.25, 0.3) is 0 Å². The van der Waals surface area contributed by atoms with Crippen LogP contribution in [0, 0.1) is 0 Å². The van der Waals surface area contributed by atoms with Crippen molar-refractivity contribution in [3.05, 3.63) is 35.1 Å². The molecule has 1 saturated heterocycles. The summed E-state index contributed by atoms with van der Waals surface area (Å²) in [5, 5.41) is 40.5. The number of carbonyl (C=O) groups is 5. The van der Waals surface area contributed by atoms with E-state index in [9.17, 15) is 34.2 Å². The lowest BCUT2D eigenvalue weighted by Gasteiger charge is -2.61. The van der Waals surface area contributed by atoms with Crippen molar-refractivity contribution in [2.75, 3.05) is 20.7 Å². The molecule has 7 atom stereocenters. The smallest absolute Gasteiger partial charge is 0.348 e. The van der Waals surface area contributed by atoms with E-state index in [1.165, 1.54) is 7.11 Å². The number of aliphatic hydroxyl groups is 2. The fourth-order valence-electron chi connectivity index (χ4n) is 6.88. The zero-order valence-corrected chi connectivity index (χ0v) is 24.2. The lowest BCUT2D eigenvalue weighted by atomic mass is 9.50. The SMILES string of the molecule is COc1ccc2c3c1O[C@H]1C(OC(=O)C(O)CC(=O)OC(C)C(=O)OC(CC(=O)O)C(=O)O)=CC[C@@]4(O)[C@@H](C2)N(C)CC[C@]314. The number of piperidine rings is 1. The molecule has 2 heterocycles. The van der Waals surface area contributed by atoms with Crippen LogP contribution in [0.1, 0.15) is 43.7 Å². The van der Waals surface area contributed by atoms with Crippen LogP contribution >= 0.6 is 0 Å². The molecular formula is C29H33NO14. The number of carbonyl (C=O) groups excluding carboxylic acids is 3. The van der Waals surface area contributed by atoms with Gasteiger partial charge in [0, 0.05) is 18.0 Å². The first kappa shape index (κ1) is 31.2. The van der Waals surface area contributed by atoms with Gasteiger partial charge in [0.1, 0.15) is 5.76 Å². The highest BCUT2D eigenvalue weighted by Crippen LogP contribution is 2.65. The fraction of sp³-hybridized carbons (Fsp3) is 0.552. The number of aliphatic carboxylic acids is 2. The second-order valence-electron chi connectivity index (χ2n) is 11.4. The van der Waals surface area contributed by atoms with E-state index in [-0.39, 0.29) is 18.2 Å². The molecule has 2 bridgehead atoms. The van der Waals surface area contributed by atoms with E-state index in [2.05, 4.69) is 9.64 Å². The van der Waals surface area contributed by atoms with Crippen LogP contribution in [-0.4, -0.2) is 112 Å². The summed E-state index contributed by atoms with van der Waals surface area (Å²) in [5.74, 6) is -6.00. The number of aliphatic hydroxyl groups excluding tert-OH is 1. The fourth-order valence-corrected chi connectivity index (χ4v) is 6.88. The minimum Gasteiger partial charge on any atom is -0.493 e. The Kier molecular flexibility index (Phi) is 8.07. The highest BCUT2D eigenvalue weighted by atomic mass is 16.6. The molecule has 15 heteroatoms. The number of carboxylic acids is 2. The Morgan fingerprint density at radius 1 is 1.11 bits per heavy atom. The average Bonchev–Trinajstić information content (AvgIpc) is 3.31. The third-order valence-corrected chi connectivity index (χ3v) is 8.94. The number of rotatable bonds is 11. The molecule has 2 aliphatic carbocycles. The number of benzene rings is 1. The average molecular weight is 620 g/mol. The van der Waals surface area contributed by atoms with Crippen LogP contribution in [0.3, 0.4) is 0 Å². The monoisotopic (exact) mass is 619 g/mol. The Labute approximate surface area is 250 Å². The maximum atomic E-state index is 13.0. The third-order valence-electron chi connectivity index (χ3n) is 8.94. The molecule has 0 radical (unpaired) electrons. The van der Waals surface area contributed by atoms with Crippen molar-refractivity contribution in [2.45, 2.75) is 80.5 Å². The lowest BCUT2D eigenvalue weighted by Crippen LogP contribution is -2.74. The number of likely N-dealkylation sites (N-methyl/N-ethyl adjacent to an activating group) is 1. The molecule has 0 saturated carbocycles. The molecule has 238 valence electrons. The molecule has 4 N–H and O–H groups in total. The van der Waals surface area contributed by atoms with Crippen LogP contribution in [0.15, 0.2) is 24.0 Å². The standard InChI is InChI=1S/C29H33NO14/c1-13(26(37)43-18(25(35)36)12-20(32)33)41-21(34)11-15(31)27(38)42-17-6-7-29(39)19-10-14-4-5-16(40-3)23-22(14)28(29,24(17)44-23)8-9-30(19)2/h4-6,13,15,18-19,24,31,39H,7-12H2,1-3H3,(H,32,33)(H,35,36)/t13?,15?,18?,19-,24+,28+,29-/m1/s1. The van der Waals surface area contributed by atoms with E-state index in [1.807, 2.05) is 13.1 Å². The quantitative estimate of drug-likeness (QED) is 0.184. The van der Waals surface area contributed by atoms with Gasteiger partial charge >= 0.3 is 29.8 Å². The number of hydrogen-bond donors (Lipinski definition) is 4. The van der Waals surface area contributed by atoms with Crippen LogP contribution < -0.4 is 9.47 Å². The van der Waals surface area contributed by atoms with Crippen molar-refractivity contribution >= 4 is 29.8 Å². The summed E-state index contributed by atoms with van der Waals surface area (Å²) in [6.07, 6.45) is -5.79. The Morgan fingerprint density at radius 2 is 1.84 bits per heavy atom. The topological polar surface area (TPSA) is 216 Å². The van der Waals surface area contributed by atoms with Crippen molar-refractivity contribution in [1.29, 1.82) is 0 Å². The van der Waals surface area contributed by atoms with E-state index in [1.54, 1.807) is 12.1 Å². The number of likely N-dealkylation sites (tertiary alicyclic amines) is 1. The van der Waals surface area contributed by atoms with Crippen molar-refractivity contribution in [3.8, 4) is 11.5 Å². The van der Waals surface area contributed by atoms with Gasteiger partial charge in [0.05, 0.1) is 31.0 Å². The first-order valence-electron chi connectivity index (χ1n) is 14.0. The van der Waals surface area contributed by atoms with E-state index in [0.29, 0.717) is 30.9 Å². The zero-order valence-electron chi connectivity index (χ0n) is 24.2. The third kappa shape index (κ3) is 4.94. The van der Waals surface area contributed by atoms with E-state index in [0.717, 1.165) is 18.1 Å². The van der Waals surface area contributed by atoms with Gasteiger partial charge in [-0.15, -0.1) is 0 Å². The van der Waals surface area contributed by atoms with E-state index >= 15 is 0 Å². The molecule has 1 fully saturated rings. The number of methoxy groups -OCH3 is 1. The van der Waals surface area contributed by atoms with Gasteiger partial charge < -0.3 is 49.0 Å². The molecular weight excluding hydrogens is 586 g/mol.